The quantitative estimate of drug-likeness (QED) is 0.448. The van der Waals surface area contributed by atoms with Gasteiger partial charge in [-0.15, -0.1) is 0 Å². The fourth-order valence-electron chi connectivity index (χ4n) is 9.06. The normalized spacial score (nSPS) is 47.1. The highest BCUT2D eigenvalue weighted by Gasteiger charge is 2.71. The number of ether oxygens (including phenoxy) is 1. The number of para-hydroxylation sites is 1. The van der Waals surface area contributed by atoms with Crippen molar-refractivity contribution in [3.05, 3.63) is 42.0 Å². The summed E-state index contributed by atoms with van der Waals surface area (Å²) >= 11 is 0. The summed E-state index contributed by atoms with van der Waals surface area (Å²) in [5.41, 5.74) is -0.907. The van der Waals surface area contributed by atoms with Gasteiger partial charge in [0.25, 0.3) is 0 Å². The van der Waals surface area contributed by atoms with Gasteiger partial charge in [0.1, 0.15) is 6.61 Å². The first kappa shape index (κ1) is 23.4. The van der Waals surface area contributed by atoms with E-state index in [1.807, 2.05) is 36.5 Å². The number of aliphatic hydroxyl groups excluding tert-OH is 1. The van der Waals surface area contributed by atoms with E-state index in [1.54, 1.807) is 6.08 Å². The topological polar surface area (TPSA) is 99.4 Å². The first-order valence-corrected chi connectivity index (χ1v) is 13.3. The summed E-state index contributed by atoms with van der Waals surface area (Å²) in [7, 11) is 0. The molecule has 35 heavy (non-hydrogen) atoms. The summed E-state index contributed by atoms with van der Waals surface area (Å²) < 4.78 is 5.24. The number of fused-ring (bicyclic) bond motifs is 5. The maximum Gasteiger partial charge on any atom is 0.331 e. The molecule has 0 amide bonds. The van der Waals surface area contributed by atoms with Gasteiger partial charge in [-0.25, -0.2) is 4.79 Å². The molecule has 0 spiro atoms. The molecule has 4 aliphatic carbocycles. The number of benzene rings is 1. The first-order chi connectivity index (χ1) is 16.7. The van der Waals surface area contributed by atoms with Crippen molar-refractivity contribution in [2.75, 3.05) is 6.61 Å². The second-order valence-corrected chi connectivity index (χ2v) is 12.1. The van der Waals surface area contributed by atoms with Crippen LogP contribution in [0.25, 0.3) is 0 Å². The molecule has 0 radical (unpaired) electrons. The minimum absolute atomic E-state index is 0.0441. The molecule has 1 aromatic rings. The Labute approximate surface area is 207 Å². The third kappa shape index (κ3) is 3.25. The predicted molar refractivity (Wildman–Crippen MR) is 132 cm³/mol. The van der Waals surface area contributed by atoms with Gasteiger partial charge in [0, 0.05) is 29.5 Å². The highest BCUT2D eigenvalue weighted by Crippen LogP contribution is 2.70. The predicted octanol–water partition coefficient (Wildman–Crippen LogP) is 4.10. The van der Waals surface area contributed by atoms with Crippen molar-refractivity contribution in [2.24, 2.45) is 33.6 Å². The molecule has 4 saturated carbocycles. The van der Waals surface area contributed by atoms with E-state index in [0.29, 0.717) is 38.7 Å². The number of aliphatic hydroxyl groups is 3. The van der Waals surface area contributed by atoms with Gasteiger partial charge in [-0.2, -0.15) is 0 Å². The zero-order valence-electron chi connectivity index (χ0n) is 20.5. The summed E-state index contributed by atoms with van der Waals surface area (Å²) in [6.45, 7) is 2.55. The Morgan fingerprint density at radius 3 is 2.51 bits per heavy atom. The minimum Gasteiger partial charge on any atom is -0.458 e. The van der Waals surface area contributed by atoms with Gasteiger partial charge in [0.2, 0.25) is 0 Å². The van der Waals surface area contributed by atoms with Crippen molar-refractivity contribution >= 4 is 17.9 Å². The van der Waals surface area contributed by atoms with Crippen LogP contribution in [0.5, 0.6) is 0 Å². The van der Waals surface area contributed by atoms with Gasteiger partial charge in [-0.05, 0) is 86.8 Å². The molecule has 8 atom stereocenters. The van der Waals surface area contributed by atoms with Crippen LogP contribution in [-0.4, -0.2) is 51.4 Å². The molecule has 0 saturated heterocycles. The molecule has 188 valence electrons. The van der Waals surface area contributed by atoms with E-state index in [9.17, 15) is 20.1 Å². The van der Waals surface area contributed by atoms with E-state index in [4.69, 9.17) is 9.73 Å². The summed E-state index contributed by atoms with van der Waals surface area (Å²) in [5, 5.41) is 35.1. The van der Waals surface area contributed by atoms with Crippen molar-refractivity contribution in [1.29, 1.82) is 0 Å². The Balaban J connectivity index is 1.39. The van der Waals surface area contributed by atoms with Crippen molar-refractivity contribution in [3.63, 3.8) is 0 Å². The number of carbonyl (C=O) groups excluding carboxylic acids is 1. The Morgan fingerprint density at radius 1 is 1.00 bits per heavy atom. The number of carbonyl (C=O) groups is 1. The van der Waals surface area contributed by atoms with Crippen molar-refractivity contribution < 1.29 is 24.9 Å². The van der Waals surface area contributed by atoms with Crippen LogP contribution < -0.4 is 0 Å². The third-order valence-corrected chi connectivity index (χ3v) is 10.8. The Hall–Kier alpha value is -2.02. The lowest BCUT2D eigenvalue weighted by molar-refractivity contribution is -0.237. The van der Waals surface area contributed by atoms with E-state index in [1.165, 1.54) is 0 Å². The fourth-order valence-corrected chi connectivity index (χ4v) is 9.06. The lowest BCUT2D eigenvalue weighted by Gasteiger charge is -2.65. The largest absolute Gasteiger partial charge is 0.458 e. The Kier molecular flexibility index (Phi) is 5.34. The molecule has 1 aliphatic heterocycles. The van der Waals surface area contributed by atoms with Crippen LogP contribution in [0.15, 0.2) is 47.0 Å². The number of cyclic esters (lactones) is 1. The van der Waals surface area contributed by atoms with Gasteiger partial charge >= 0.3 is 5.97 Å². The molecule has 6 heteroatoms. The molecule has 5 aliphatic rings. The standard InChI is InChI=1S/C29H37NO5/c1-26-11-8-23-24(29(26,34)14-10-22(26)19-15-25(32)35-17-19)9-13-28(33)16-21(31)7-12-27(23,28)18-30-20-5-3-2-4-6-20/h2-6,15,18,21-24,31,33-34H,7-14,16-17H2,1H3. The number of hydrogen-bond acceptors (Lipinski definition) is 6. The Morgan fingerprint density at radius 2 is 1.77 bits per heavy atom. The average molecular weight is 480 g/mol. The van der Waals surface area contributed by atoms with Gasteiger partial charge in [0.15, 0.2) is 0 Å². The molecule has 6 nitrogen and oxygen atoms in total. The van der Waals surface area contributed by atoms with Crippen LogP contribution in [0.4, 0.5) is 5.69 Å². The molecule has 1 aromatic carbocycles. The van der Waals surface area contributed by atoms with Crippen LogP contribution in [0.1, 0.15) is 64.7 Å². The van der Waals surface area contributed by atoms with Crippen LogP contribution >= 0.6 is 0 Å². The van der Waals surface area contributed by atoms with E-state index >= 15 is 0 Å². The Bertz CT molecular complexity index is 1070. The smallest absolute Gasteiger partial charge is 0.331 e. The number of rotatable bonds is 3. The lowest BCUT2D eigenvalue weighted by atomic mass is 9.41. The highest BCUT2D eigenvalue weighted by molar-refractivity contribution is 5.85. The number of esters is 1. The van der Waals surface area contributed by atoms with Crippen molar-refractivity contribution in [2.45, 2.75) is 82.0 Å². The molecule has 1 heterocycles. The maximum absolute atomic E-state index is 12.5. The summed E-state index contributed by atoms with van der Waals surface area (Å²) in [6.07, 6.45) is 9.38. The molecule has 6 rings (SSSR count). The van der Waals surface area contributed by atoms with Crippen LogP contribution in [0, 0.1) is 28.6 Å². The third-order valence-electron chi connectivity index (χ3n) is 10.8. The van der Waals surface area contributed by atoms with E-state index < -0.39 is 22.7 Å². The molecule has 3 N–H and O–H groups in total. The fraction of sp³-hybridized carbons (Fsp3) is 0.655. The highest BCUT2D eigenvalue weighted by atomic mass is 16.5. The summed E-state index contributed by atoms with van der Waals surface area (Å²) in [5.74, 6) is 0.00575. The second kappa shape index (κ2) is 7.99. The molecule has 4 fully saturated rings. The zero-order valence-corrected chi connectivity index (χ0v) is 20.5. The van der Waals surface area contributed by atoms with Crippen LogP contribution in [-0.2, 0) is 9.53 Å². The zero-order chi connectivity index (χ0) is 24.5. The average Bonchev–Trinajstić information content (AvgIpc) is 3.38. The molecule has 8 unspecified atom stereocenters. The van der Waals surface area contributed by atoms with Gasteiger partial charge in [-0.3, -0.25) is 4.99 Å². The molecular weight excluding hydrogens is 442 g/mol. The number of nitrogens with zero attached hydrogens (tertiary/aromatic N) is 1. The van der Waals surface area contributed by atoms with Crippen LogP contribution in [0.3, 0.4) is 0 Å². The summed E-state index contributed by atoms with van der Waals surface area (Å²) in [4.78, 5) is 16.7. The van der Waals surface area contributed by atoms with Gasteiger partial charge in [0.05, 0.1) is 23.0 Å². The first-order valence-electron chi connectivity index (χ1n) is 13.3. The summed E-state index contributed by atoms with van der Waals surface area (Å²) in [6, 6.07) is 9.83. The number of hydrogen-bond donors (Lipinski definition) is 3. The van der Waals surface area contributed by atoms with E-state index in [-0.39, 0.29) is 29.1 Å². The van der Waals surface area contributed by atoms with Gasteiger partial charge < -0.3 is 20.1 Å². The van der Waals surface area contributed by atoms with E-state index in [0.717, 1.165) is 36.9 Å². The van der Waals surface area contributed by atoms with Gasteiger partial charge in [-0.1, -0.05) is 25.1 Å². The van der Waals surface area contributed by atoms with Crippen molar-refractivity contribution in [3.8, 4) is 0 Å². The lowest BCUT2D eigenvalue weighted by Crippen LogP contribution is -2.68. The molecule has 0 bridgehead atoms. The minimum atomic E-state index is -1.03. The van der Waals surface area contributed by atoms with Crippen molar-refractivity contribution in [1.82, 2.24) is 0 Å². The molecular formula is C29H37NO5. The van der Waals surface area contributed by atoms with E-state index in [2.05, 4.69) is 6.92 Å². The maximum atomic E-state index is 12.5. The van der Waals surface area contributed by atoms with Crippen LogP contribution in [0.2, 0.25) is 0 Å². The molecule has 0 aromatic heterocycles. The second-order valence-electron chi connectivity index (χ2n) is 12.1. The SMILES string of the molecule is CC12CCC3C(CCC4(O)CC(O)CCC34C=Nc3ccccc3)C1(O)CCC2C1=CC(=O)OC1. The monoisotopic (exact) mass is 479 g/mol. The number of aliphatic imine (C=N–C) groups is 1.